The second kappa shape index (κ2) is 10.4. The molecule has 0 rings (SSSR count). The van der Waals surface area contributed by atoms with Crippen LogP contribution in [0.25, 0.3) is 0 Å². The molecule has 0 aromatic heterocycles. The van der Waals surface area contributed by atoms with Gasteiger partial charge in [-0.2, -0.15) is 0 Å². The Kier molecular flexibility index (Phi) is 10.3. The molecule has 0 saturated carbocycles. The van der Waals surface area contributed by atoms with Crippen molar-refractivity contribution in [1.82, 2.24) is 0 Å². The van der Waals surface area contributed by atoms with E-state index >= 15 is 0 Å². The Morgan fingerprint density at radius 2 is 1.45 bits per heavy atom. The maximum Gasteiger partial charge on any atom is 0.200 e. The lowest BCUT2D eigenvalue weighted by Crippen LogP contribution is -2.48. The van der Waals surface area contributed by atoms with Gasteiger partial charge in [-0.05, 0) is 35.9 Å². The van der Waals surface area contributed by atoms with Crippen LogP contribution in [-0.4, -0.2) is 14.9 Å². The molecule has 2 heteroatoms. The predicted octanol–water partition coefficient (Wildman–Crippen LogP) is 7.12. The van der Waals surface area contributed by atoms with E-state index in [4.69, 9.17) is 4.43 Å². The zero-order valence-electron chi connectivity index (χ0n) is 16.6. The standard InChI is InChI=1S/C20H40OSi/c1-10-11-12-13-19(8)14-20(9)15-21-22(16(2)3,17(4)5)18(6)7/h12-14,16-18,20H,10-11,15H2,1-9H3/b13-12+,19-14+/t20-/m0/s1. The zero-order valence-corrected chi connectivity index (χ0v) is 17.6. The third kappa shape index (κ3) is 6.42. The van der Waals surface area contributed by atoms with Crippen molar-refractivity contribution in [2.45, 2.75) is 91.8 Å². The smallest absolute Gasteiger partial charge is 0.200 e. The van der Waals surface area contributed by atoms with Crippen LogP contribution in [0.3, 0.4) is 0 Å². The van der Waals surface area contributed by atoms with Crippen LogP contribution in [0.1, 0.15) is 75.2 Å². The molecular formula is C20H40OSi. The molecular weight excluding hydrogens is 284 g/mol. The van der Waals surface area contributed by atoms with Crippen molar-refractivity contribution in [3.63, 3.8) is 0 Å². The summed E-state index contributed by atoms with van der Waals surface area (Å²) in [6, 6.07) is 0. The minimum Gasteiger partial charge on any atom is -0.415 e. The van der Waals surface area contributed by atoms with Crippen LogP contribution in [0.4, 0.5) is 0 Å². The molecule has 0 aromatic carbocycles. The Bertz CT molecular complexity index is 331. The molecule has 0 saturated heterocycles. The predicted molar refractivity (Wildman–Crippen MR) is 104 cm³/mol. The average Bonchev–Trinajstić information content (AvgIpc) is 2.38. The molecule has 0 bridgehead atoms. The molecule has 0 aromatic rings. The maximum atomic E-state index is 6.67. The van der Waals surface area contributed by atoms with Crippen LogP contribution in [0.15, 0.2) is 23.8 Å². The number of hydrogen-bond donors (Lipinski definition) is 0. The second-order valence-electron chi connectivity index (χ2n) is 7.71. The van der Waals surface area contributed by atoms with E-state index in [1.807, 2.05) is 0 Å². The first kappa shape index (κ1) is 21.7. The zero-order chi connectivity index (χ0) is 17.3. The van der Waals surface area contributed by atoms with Gasteiger partial charge in [0, 0.05) is 6.61 Å². The lowest BCUT2D eigenvalue weighted by Gasteiger charge is -2.42. The van der Waals surface area contributed by atoms with E-state index in [1.165, 1.54) is 18.4 Å². The summed E-state index contributed by atoms with van der Waals surface area (Å²) in [5.74, 6) is 0.481. The molecule has 130 valence electrons. The first-order valence-electron chi connectivity index (χ1n) is 9.17. The Morgan fingerprint density at radius 3 is 1.86 bits per heavy atom. The first-order chi connectivity index (χ1) is 10.2. The molecule has 0 spiro atoms. The van der Waals surface area contributed by atoms with E-state index < -0.39 is 8.32 Å². The highest BCUT2D eigenvalue weighted by Crippen LogP contribution is 2.42. The minimum absolute atomic E-state index is 0.481. The van der Waals surface area contributed by atoms with Crippen molar-refractivity contribution >= 4 is 8.32 Å². The summed E-state index contributed by atoms with van der Waals surface area (Å²) in [5, 5.41) is 0. The number of allylic oxidation sites excluding steroid dienone is 3. The van der Waals surface area contributed by atoms with Crippen molar-refractivity contribution in [3.05, 3.63) is 23.8 Å². The molecule has 0 aliphatic rings. The molecule has 0 fully saturated rings. The highest BCUT2D eigenvalue weighted by Gasteiger charge is 2.45. The van der Waals surface area contributed by atoms with Crippen molar-refractivity contribution in [3.8, 4) is 0 Å². The van der Waals surface area contributed by atoms with Gasteiger partial charge in [0.15, 0.2) is 8.32 Å². The molecule has 0 amide bonds. The fourth-order valence-corrected chi connectivity index (χ4v) is 9.32. The number of rotatable bonds is 10. The van der Waals surface area contributed by atoms with Gasteiger partial charge in [0.1, 0.15) is 0 Å². The van der Waals surface area contributed by atoms with Crippen LogP contribution in [-0.2, 0) is 4.43 Å². The second-order valence-corrected chi connectivity index (χ2v) is 13.2. The summed E-state index contributed by atoms with van der Waals surface area (Å²) in [6.45, 7) is 21.7. The minimum atomic E-state index is -1.72. The Balaban J connectivity index is 4.83. The molecule has 0 aliphatic heterocycles. The van der Waals surface area contributed by atoms with Gasteiger partial charge >= 0.3 is 0 Å². The molecule has 0 N–H and O–H groups in total. The van der Waals surface area contributed by atoms with Gasteiger partial charge in [-0.1, -0.05) is 85.6 Å². The van der Waals surface area contributed by atoms with Crippen molar-refractivity contribution < 1.29 is 4.43 Å². The van der Waals surface area contributed by atoms with E-state index in [0.29, 0.717) is 22.5 Å². The first-order valence-corrected chi connectivity index (χ1v) is 11.3. The average molecular weight is 325 g/mol. The number of hydrogen-bond acceptors (Lipinski definition) is 1. The Labute approximate surface area is 141 Å². The summed E-state index contributed by atoms with van der Waals surface area (Å²) in [5.41, 5.74) is 3.34. The lowest BCUT2D eigenvalue weighted by molar-refractivity contribution is 0.250. The highest BCUT2D eigenvalue weighted by atomic mass is 28.4. The van der Waals surface area contributed by atoms with Crippen LogP contribution in [0.5, 0.6) is 0 Å². The highest BCUT2D eigenvalue weighted by molar-refractivity contribution is 6.77. The lowest BCUT2D eigenvalue weighted by atomic mass is 10.1. The summed E-state index contributed by atoms with van der Waals surface area (Å²) in [7, 11) is -1.72. The van der Waals surface area contributed by atoms with Crippen molar-refractivity contribution in [2.75, 3.05) is 6.61 Å². The monoisotopic (exact) mass is 324 g/mol. The van der Waals surface area contributed by atoms with Gasteiger partial charge < -0.3 is 4.43 Å². The molecule has 0 heterocycles. The fourth-order valence-electron chi connectivity index (χ4n) is 3.76. The normalized spacial score (nSPS) is 15.5. The summed E-state index contributed by atoms with van der Waals surface area (Å²) < 4.78 is 6.67. The van der Waals surface area contributed by atoms with Gasteiger partial charge in [-0.3, -0.25) is 0 Å². The van der Waals surface area contributed by atoms with E-state index in [-0.39, 0.29) is 0 Å². The fraction of sp³-hybridized carbons (Fsp3) is 0.800. The van der Waals surface area contributed by atoms with Crippen LogP contribution in [0.2, 0.25) is 16.6 Å². The van der Waals surface area contributed by atoms with Crippen LogP contribution < -0.4 is 0 Å². The largest absolute Gasteiger partial charge is 0.415 e. The molecule has 1 atom stereocenters. The SMILES string of the molecule is CCC/C=C/C(C)=C/[C@H](C)CO[Si](C(C)C)(C(C)C)C(C)C. The van der Waals surface area contributed by atoms with Crippen molar-refractivity contribution in [1.29, 1.82) is 0 Å². The van der Waals surface area contributed by atoms with Crippen LogP contribution >= 0.6 is 0 Å². The topological polar surface area (TPSA) is 9.23 Å². The molecule has 0 aliphatic carbocycles. The van der Waals surface area contributed by atoms with Gasteiger partial charge in [0.2, 0.25) is 0 Å². The van der Waals surface area contributed by atoms with E-state index in [1.54, 1.807) is 0 Å². The van der Waals surface area contributed by atoms with Crippen molar-refractivity contribution in [2.24, 2.45) is 5.92 Å². The van der Waals surface area contributed by atoms with Gasteiger partial charge in [0.05, 0.1) is 0 Å². The van der Waals surface area contributed by atoms with Gasteiger partial charge in [-0.25, -0.2) is 0 Å². The molecule has 0 unspecified atom stereocenters. The van der Waals surface area contributed by atoms with E-state index in [0.717, 1.165) is 6.61 Å². The van der Waals surface area contributed by atoms with Crippen LogP contribution in [0, 0.1) is 5.92 Å². The third-order valence-electron chi connectivity index (χ3n) is 4.69. The summed E-state index contributed by atoms with van der Waals surface area (Å²) >= 11 is 0. The number of unbranched alkanes of at least 4 members (excludes halogenated alkanes) is 1. The Morgan fingerprint density at radius 1 is 0.955 bits per heavy atom. The van der Waals surface area contributed by atoms with E-state index in [9.17, 15) is 0 Å². The maximum absolute atomic E-state index is 6.67. The quantitative estimate of drug-likeness (QED) is 0.307. The summed E-state index contributed by atoms with van der Waals surface area (Å²) in [6.07, 6.45) is 9.26. The van der Waals surface area contributed by atoms with Gasteiger partial charge in [-0.15, -0.1) is 0 Å². The Hall–Kier alpha value is -0.343. The van der Waals surface area contributed by atoms with Gasteiger partial charge in [0.25, 0.3) is 0 Å². The molecule has 22 heavy (non-hydrogen) atoms. The molecule has 0 radical (unpaired) electrons. The third-order valence-corrected chi connectivity index (χ3v) is 10.8. The summed E-state index contributed by atoms with van der Waals surface area (Å²) in [4.78, 5) is 0. The molecule has 1 nitrogen and oxygen atoms in total. The van der Waals surface area contributed by atoms with E-state index in [2.05, 4.69) is 80.5 Å².